The normalized spacial score (nSPS) is 11.9. The van der Waals surface area contributed by atoms with Crippen LogP contribution in [-0.4, -0.2) is 14.5 Å². The van der Waals surface area contributed by atoms with Crippen LogP contribution in [0.4, 0.5) is 13.2 Å². The Morgan fingerprint density at radius 2 is 1.86 bits per heavy atom. The minimum Gasteiger partial charge on any atom is -0.293 e. The van der Waals surface area contributed by atoms with Gasteiger partial charge in [-0.25, -0.2) is 9.97 Å². The molecular formula is C19H11BrF3N3OS. The van der Waals surface area contributed by atoms with Gasteiger partial charge in [-0.3, -0.25) is 9.36 Å². The molecule has 0 aliphatic rings. The maximum atomic E-state index is 12.7. The SMILES string of the molecule is O=c1c2cc(Br)ccc2ncn1Cc1csc(-c2ccc(C(F)(F)F)cc2)n1. The van der Waals surface area contributed by atoms with E-state index in [9.17, 15) is 18.0 Å². The molecule has 0 bridgehead atoms. The Morgan fingerprint density at radius 1 is 1.11 bits per heavy atom. The summed E-state index contributed by atoms with van der Waals surface area (Å²) < 4.78 is 40.3. The molecular weight excluding hydrogens is 455 g/mol. The first kappa shape index (κ1) is 18.8. The topological polar surface area (TPSA) is 47.8 Å². The summed E-state index contributed by atoms with van der Waals surface area (Å²) in [5.74, 6) is 0. The molecule has 0 saturated carbocycles. The van der Waals surface area contributed by atoms with E-state index in [1.165, 1.54) is 34.4 Å². The number of thiazole rings is 1. The van der Waals surface area contributed by atoms with Gasteiger partial charge in [0.05, 0.1) is 35.0 Å². The van der Waals surface area contributed by atoms with Crippen molar-refractivity contribution < 1.29 is 13.2 Å². The van der Waals surface area contributed by atoms with E-state index in [1.807, 2.05) is 6.07 Å². The van der Waals surface area contributed by atoms with Crippen molar-refractivity contribution in [2.45, 2.75) is 12.7 Å². The Bertz CT molecular complexity index is 1220. The molecule has 0 aliphatic heterocycles. The van der Waals surface area contributed by atoms with Crippen LogP contribution in [0.5, 0.6) is 0 Å². The van der Waals surface area contributed by atoms with E-state index in [0.29, 0.717) is 27.2 Å². The molecule has 4 nitrogen and oxygen atoms in total. The lowest BCUT2D eigenvalue weighted by Gasteiger charge is -2.06. The molecule has 0 unspecified atom stereocenters. The Balaban J connectivity index is 1.61. The molecule has 2 aromatic carbocycles. The van der Waals surface area contributed by atoms with Crippen molar-refractivity contribution in [2.24, 2.45) is 0 Å². The zero-order valence-corrected chi connectivity index (χ0v) is 16.5. The molecule has 2 heterocycles. The lowest BCUT2D eigenvalue weighted by Crippen LogP contribution is -2.21. The van der Waals surface area contributed by atoms with Crippen molar-refractivity contribution in [3.8, 4) is 10.6 Å². The van der Waals surface area contributed by atoms with Gasteiger partial charge in [-0.1, -0.05) is 28.1 Å². The zero-order valence-electron chi connectivity index (χ0n) is 14.1. The minimum atomic E-state index is -4.37. The molecule has 0 N–H and O–H groups in total. The molecule has 9 heteroatoms. The number of rotatable bonds is 3. The lowest BCUT2D eigenvalue weighted by molar-refractivity contribution is -0.137. The third kappa shape index (κ3) is 3.72. The van der Waals surface area contributed by atoms with Gasteiger partial charge < -0.3 is 0 Å². The average Bonchev–Trinajstić information content (AvgIpc) is 3.12. The van der Waals surface area contributed by atoms with Gasteiger partial charge in [0.2, 0.25) is 0 Å². The van der Waals surface area contributed by atoms with Crippen LogP contribution in [0.2, 0.25) is 0 Å². The van der Waals surface area contributed by atoms with Crippen LogP contribution in [0.25, 0.3) is 21.5 Å². The fourth-order valence-corrected chi connectivity index (χ4v) is 3.91. The van der Waals surface area contributed by atoms with Gasteiger partial charge in [0.25, 0.3) is 5.56 Å². The third-order valence-electron chi connectivity index (χ3n) is 4.13. The highest BCUT2D eigenvalue weighted by Gasteiger charge is 2.30. The second-order valence-corrected chi connectivity index (χ2v) is 7.83. The minimum absolute atomic E-state index is 0.185. The summed E-state index contributed by atoms with van der Waals surface area (Å²) in [6, 6.07) is 10.2. The van der Waals surface area contributed by atoms with Crippen molar-refractivity contribution in [3.63, 3.8) is 0 Å². The molecule has 0 fully saturated rings. The van der Waals surface area contributed by atoms with Crippen LogP contribution in [0.15, 0.2) is 63.4 Å². The zero-order chi connectivity index (χ0) is 19.9. The van der Waals surface area contributed by atoms with Crippen LogP contribution in [-0.2, 0) is 12.7 Å². The van der Waals surface area contributed by atoms with Crippen molar-refractivity contribution in [1.29, 1.82) is 0 Å². The van der Waals surface area contributed by atoms with Crippen molar-refractivity contribution >= 4 is 38.2 Å². The Labute approximate surface area is 169 Å². The quantitative estimate of drug-likeness (QED) is 0.409. The van der Waals surface area contributed by atoms with Crippen LogP contribution >= 0.6 is 27.3 Å². The lowest BCUT2D eigenvalue weighted by atomic mass is 10.1. The first-order valence-corrected chi connectivity index (χ1v) is 9.75. The van der Waals surface area contributed by atoms with Gasteiger partial charge in [-0.05, 0) is 30.3 Å². The molecule has 28 heavy (non-hydrogen) atoms. The monoisotopic (exact) mass is 465 g/mol. The Morgan fingerprint density at radius 3 is 2.57 bits per heavy atom. The second-order valence-electron chi connectivity index (χ2n) is 6.06. The maximum Gasteiger partial charge on any atom is 0.416 e. The van der Waals surface area contributed by atoms with E-state index in [4.69, 9.17) is 0 Å². The summed E-state index contributed by atoms with van der Waals surface area (Å²) in [6.45, 7) is 0.228. The van der Waals surface area contributed by atoms with E-state index in [1.54, 1.807) is 17.5 Å². The standard InChI is InChI=1S/C19H11BrF3N3OS/c20-13-5-6-16-15(7-13)18(27)26(10-24-16)8-14-9-28-17(25-14)11-1-3-12(4-2-11)19(21,22)23/h1-7,9-10H,8H2. The van der Waals surface area contributed by atoms with Crippen molar-refractivity contribution in [1.82, 2.24) is 14.5 Å². The molecule has 4 aromatic rings. The van der Waals surface area contributed by atoms with Gasteiger partial charge in [-0.15, -0.1) is 11.3 Å². The number of hydrogen-bond donors (Lipinski definition) is 0. The average molecular weight is 466 g/mol. The van der Waals surface area contributed by atoms with Crippen LogP contribution in [0.3, 0.4) is 0 Å². The Kier molecular flexibility index (Phi) is 4.80. The first-order valence-electron chi connectivity index (χ1n) is 8.08. The van der Waals surface area contributed by atoms with Gasteiger partial charge in [0.1, 0.15) is 5.01 Å². The van der Waals surface area contributed by atoms with Gasteiger partial charge in [0.15, 0.2) is 0 Å². The number of halogens is 4. The highest BCUT2D eigenvalue weighted by atomic mass is 79.9. The predicted molar refractivity (Wildman–Crippen MR) is 105 cm³/mol. The summed E-state index contributed by atoms with van der Waals surface area (Å²) in [7, 11) is 0. The highest BCUT2D eigenvalue weighted by molar-refractivity contribution is 9.10. The third-order valence-corrected chi connectivity index (χ3v) is 5.56. The Hall–Kier alpha value is -2.52. The van der Waals surface area contributed by atoms with Gasteiger partial charge in [0, 0.05) is 15.4 Å². The van der Waals surface area contributed by atoms with Crippen molar-refractivity contribution in [2.75, 3.05) is 0 Å². The number of alkyl halides is 3. The fraction of sp³-hybridized carbons (Fsp3) is 0.105. The smallest absolute Gasteiger partial charge is 0.293 e. The van der Waals surface area contributed by atoms with Crippen LogP contribution < -0.4 is 5.56 Å². The number of hydrogen-bond acceptors (Lipinski definition) is 4. The molecule has 0 atom stereocenters. The van der Waals surface area contributed by atoms with E-state index < -0.39 is 11.7 Å². The molecule has 0 spiro atoms. The molecule has 0 aliphatic carbocycles. The predicted octanol–water partition coefficient (Wildman–Crippen LogP) is 5.35. The summed E-state index contributed by atoms with van der Waals surface area (Å²) >= 11 is 4.66. The molecule has 2 aromatic heterocycles. The molecule has 142 valence electrons. The fourth-order valence-electron chi connectivity index (χ4n) is 2.73. The van der Waals surface area contributed by atoms with E-state index in [0.717, 1.165) is 16.6 Å². The van der Waals surface area contributed by atoms with E-state index in [-0.39, 0.29) is 12.1 Å². The molecule has 0 radical (unpaired) electrons. The number of nitrogens with zero attached hydrogens (tertiary/aromatic N) is 3. The number of benzene rings is 2. The summed E-state index contributed by atoms with van der Waals surface area (Å²) in [5, 5.41) is 2.87. The first-order chi connectivity index (χ1) is 13.3. The summed E-state index contributed by atoms with van der Waals surface area (Å²) in [4.78, 5) is 21.4. The van der Waals surface area contributed by atoms with Crippen LogP contribution in [0, 0.1) is 0 Å². The van der Waals surface area contributed by atoms with E-state index >= 15 is 0 Å². The highest BCUT2D eigenvalue weighted by Crippen LogP contribution is 2.31. The largest absolute Gasteiger partial charge is 0.416 e. The second kappa shape index (κ2) is 7.14. The van der Waals surface area contributed by atoms with Gasteiger partial charge >= 0.3 is 6.18 Å². The number of fused-ring (bicyclic) bond motifs is 1. The summed E-state index contributed by atoms with van der Waals surface area (Å²) in [6.07, 6.45) is -2.90. The molecule has 0 saturated heterocycles. The van der Waals surface area contributed by atoms with E-state index in [2.05, 4.69) is 25.9 Å². The molecule has 4 rings (SSSR count). The molecule has 0 amide bonds. The summed E-state index contributed by atoms with van der Waals surface area (Å²) in [5.41, 5.74) is 0.951. The number of aromatic nitrogens is 3. The maximum absolute atomic E-state index is 12.7. The van der Waals surface area contributed by atoms with Crippen molar-refractivity contribution in [3.05, 3.63) is 80.3 Å². The van der Waals surface area contributed by atoms with Gasteiger partial charge in [-0.2, -0.15) is 13.2 Å². The van der Waals surface area contributed by atoms with Crippen LogP contribution in [0.1, 0.15) is 11.3 Å².